The summed E-state index contributed by atoms with van der Waals surface area (Å²) in [5.74, 6) is 3.47. The monoisotopic (exact) mass is 648 g/mol. The molecule has 2 heterocycles. The molecule has 0 spiro atoms. The van der Waals surface area contributed by atoms with Gasteiger partial charge in [0.05, 0.1) is 0 Å². The first-order chi connectivity index (χ1) is 25.3. The van der Waals surface area contributed by atoms with Crippen molar-refractivity contribution in [3.05, 3.63) is 176 Å². The second kappa shape index (κ2) is 11.0. The molecule has 2 aliphatic heterocycles. The van der Waals surface area contributed by atoms with Crippen molar-refractivity contribution in [3.8, 4) is 56.4 Å². The molecule has 51 heavy (non-hydrogen) atoms. The van der Waals surface area contributed by atoms with Crippen LogP contribution in [0.15, 0.2) is 176 Å². The average molecular weight is 649 g/mol. The largest absolute Gasteiger partial charge is 0.458 e. The van der Waals surface area contributed by atoms with Crippen molar-refractivity contribution in [1.29, 1.82) is 0 Å². The van der Waals surface area contributed by atoms with Crippen LogP contribution in [-0.4, -0.2) is 6.71 Å². The lowest BCUT2D eigenvalue weighted by Crippen LogP contribution is -2.57. The maximum absolute atomic E-state index is 6.72. The zero-order chi connectivity index (χ0) is 33.5. The normalized spacial score (nSPS) is 12.6. The summed E-state index contributed by atoms with van der Waals surface area (Å²) in [5, 5.41) is 7.44. The van der Waals surface area contributed by atoms with Crippen LogP contribution in [-0.2, 0) is 0 Å². The molecule has 0 N–H and O–H groups in total. The standard InChI is InChI=1S/C48H29BO2/c1-2-15-31(16-3-1)45-36-20-8-9-21-37(36)46(38-27-26-30-14-4-5-18-34(30)47(38)45)35-19-7-6-17-33(35)32-28-43-48-44(29-32)51-42-25-13-11-23-40(42)49(48)39-22-10-12-24-41(39)50-43/h1-29H. The predicted octanol–water partition coefficient (Wildman–Crippen LogP) is 10.9. The van der Waals surface area contributed by atoms with Gasteiger partial charge in [-0.3, -0.25) is 0 Å². The summed E-state index contributed by atoms with van der Waals surface area (Å²) < 4.78 is 13.4. The number of benzene rings is 9. The Labute approximate surface area is 296 Å². The molecule has 9 aromatic carbocycles. The Morgan fingerprint density at radius 1 is 0.353 bits per heavy atom. The highest BCUT2D eigenvalue weighted by Gasteiger charge is 2.40. The topological polar surface area (TPSA) is 18.5 Å². The van der Waals surface area contributed by atoms with Gasteiger partial charge in [0.15, 0.2) is 0 Å². The van der Waals surface area contributed by atoms with E-state index in [4.69, 9.17) is 9.47 Å². The molecule has 0 unspecified atom stereocenters. The van der Waals surface area contributed by atoms with E-state index in [1.54, 1.807) is 0 Å². The summed E-state index contributed by atoms with van der Waals surface area (Å²) >= 11 is 0. The van der Waals surface area contributed by atoms with Crippen LogP contribution in [0.1, 0.15) is 0 Å². The van der Waals surface area contributed by atoms with Crippen LogP contribution >= 0.6 is 0 Å². The molecule has 236 valence electrons. The van der Waals surface area contributed by atoms with Crippen molar-refractivity contribution in [2.75, 3.05) is 0 Å². The summed E-state index contributed by atoms with van der Waals surface area (Å²) in [6.07, 6.45) is 0. The smallest absolute Gasteiger partial charge is 0.260 e. The number of ether oxygens (including phenoxy) is 2. The molecule has 11 rings (SSSR count). The molecule has 3 heteroatoms. The van der Waals surface area contributed by atoms with Gasteiger partial charge in [-0.2, -0.15) is 0 Å². The minimum atomic E-state index is 0.0425. The van der Waals surface area contributed by atoms with Crippen LogP contribution in [0.2, 0.25) is 0 Å². The molecule has 0 saturated heterocycles. The fraction of sp³-hybridized carbons (Fsp3) is 0. The third kappa shape index (κ3) is 4.19. The van der Waals surface area contributed by atoms with Crippen molar-refractivity contribution < 1.29 is 9.47 Å². The molecular formula is C48H29BO2. The number of fused-ring (bicyclic) bond motifs is 8. The van der Waals surface area contributed by atoms with Gasteiger partial charge in [0.1, 0.15) is 23.0 Å². The fourth-order valence-corrected chi connectivity index (χ4v) is 8.65. The van der Waals surface area contributed by atoms with E-state index in [0.717, 1.165) is 39.6 Å². The van der Waals surface area contributed by atoms with E-state index >= 15 is 0 Å². The Morgan fingerprint density at radius 2 is 0.902 bits per heavy atom. The van der Waals surface area contributed by atoms with Gasteiger partial charge in [-0.25, -0.2) is 0 Å². The molecule has 0 amide bonds. The Bertz CT molecular complexity index is 2800. The van der Waals surface area contributed by atoms with Crippen molar-refractivity contribution in [2.45, 2.75) is 0 Å². The molecule has 0 atom stereocenters. The molecule has 0 bridgehead atoms. The molecule has 0 radical (unpaired) electrons. The molecule has 0 aromatic heterocycles. The zero-order valence-corrected chi connectivity index (χ0v) is 27.6. The highest BCUT2D eigenvalue weighted by molar-refractivity contribution is 6.98. The Balaban J connectivity index is 1.21. The van der Waals surface area contributed by atoms with Gasteiger partial charge in [0.2, 0.25) is 0 Å². The van der Waals surface area contributed by atoms with Crippen molar-refractivity contribution in [3.63, 3.8) is 0 Å². The minimum absolute atomic E-state index is 0.0425. The molecule has 9 aromatic rings. The van der Waals surface area contributed by atoms with Crippen molar-refractivity contribution in [2.24, 2.45) is 0 Å². The van der Waals surface area contributed by atoms with Crippen LogP contribution < -0.4 is 25.9 Å². The number of hydrogen-bond acceptors (Lipinski definition) is 2. The molecule has 0 aliphatic carbocycles. The third-order valence-corrected chi connectivity index (χ3v) is 10.8. The molecular weight excluding hydrogens is 619 g/mol. The Morgan fingerprint density at radius 3 is 1.61 bits per heavy atom. The van der Waals surface area contributed by atoms with E-state index in [1.165, 1.54) is 65.5 Å². The van der Waals surface area contributed by atoms with E-state index in [0.29, 0.717) is 0 Å². The van der Waals surface area contributed by atoms with Gasteiger partial charge in [-0.05, 0) is 101 Å². The van der Waals surface area contributed by atoms with E-state index in [2.05, 4.69) is 164 Å². The molecule has 2 aliphatic rings. The van der Waals surface area contributed by atoms with Crippen LogP contribution in [0, 0.1) is 0 Å². The SMILES string of the molecule is c1ccc(-c2c3ccccc3c(-c3ccccc3-c3cc4c5c(c3)Oc3ccccc3B5c3ccccc3O4)c3ccc4ccccc4c23)cc1. The zero-order valence-electron chi connectivity index (χ0n) is 27.6. The van der Waals surface area contributed by atoms with E-state index in [9.17, 15) is 0 Å². The Kier molecular flexibility index (Phi) is 6.08. The van der Waals surface area contributed by atoms with Gasteiger partial charge in [-0.1, -0.05) is 152 Å². The maximum atomic E-state index is 6.72. The van der Waals surface area contributed by atoms with Crippen LogP contribution in [0.3, 0.4) is 0 Å². The number of para-hydroxylation sites is 2. The van der Waals surface area contributed by atoms with Gasteiger partial charge in [0.25, 0.3) is 6.71 Å². The summed E-state index contributed by atoms with van der Waals surface area (Å²) in [7, 11) is 0. The summed E-state index contributed by atoms with van der Waals surface area (Å²) in [5.41, 5.74) is 10.5. The maximum Gasteiger partial charge on any atom is 0.260 e. The second-order valence-corrected chi connectivity index (χ2v) is 13.5. The van der Waals surface area contributed by atoms with Crippen LogP contribution in [0.4, 0.5) is 0 Å². The first-order valence-corrected chi connectivity index (χ1v) is 17.5. The molecule has 0 saturated carbocycles. The van der Waals surface area contributed by atoms with Gasteiger partial charge >= 0.3 is 0 Å². The number of hydrogen-bond donors (Lipinski definition) is 0. The first kappa shape index (κ1) is 28.3. The lowest BCUT2D eigenvalue weighted by molar-refractivity contribution is 0.465. The van der Waals surface area contributed by atoms with Gasteiger partial charge < -0.3 is 9.47 Å². The molecule has 2 nitrogen and oxygen atoms in total. The van der Waals surface area contributed by atoms with E-state index in [1.807, 2.05) is 12.1 Å². The molecule has 0 fully saturated rings. The summed E-state index contributed by atoms with van der Waals surface area (Å²) in [6.45, 7) is 0.0425. The summed E-state index contributed by atoms with van der Waals surface area (Å²) in [6, 6.07) is 63.1. The predicted molar refractivity (Wildman–Crippen MR) is 213 cm³/mol. The van der Waals surface area contributed by atoms with Gasteiger partial charge in [-0.15, -0.1) is 0 Å². The average Bonchev–Trinajstić information content (AvgIpc) is 3.20. The summed E-state index contributed by atoms with van der Waals surface area (Å²) in [4.78, 5) is 0. The van der Waals surface area contributed by atoms with E-state index in [-0.39, 0.29) is 6.71 Å². The highest BCUT2D eigenvalue weighted by atomic mass is 16.5. The second-order valence-electron chi connectivity index (χ2n) is 13.5. The highest BCUT2D eigenvalue weighted by Crippen LogP contribution is 2.49. The lowest BCUT2D eigenvalue weighted by Gasteiger charge is -2.33. The minimum Gasteiger partial charge on any atom is -0.458 e. The van der Waals surface area contributed by atoms with E-state index < -0.39 is 0 Å². The fourth-order valence-electron chi connectivity index (χ4n) is 8.65. The van der Waals surface area contributed by atoms with Crippen molar-refractivity contribution >= 4 is 55.4 Å². The number of rotatable bonds is 3. The Hall–Kier alpha value is -6.58. The quantitative estimate of drug-likeness (QED) is 0.108. The lowest BCUT2D eigenvalue weighted by atomic mass is 9.35. The van der Waals surface area contributed by atoms with Crippen LogP contribution in [0.25, 0.3) is 65.7 Å². The van der Waals surface area contributed by atoms with Crippen LogP contribution in [0.5, 0.6) is 23.0 Å². The van der Waals surface area contributed by atoms with Gasteiger partial charge in [0, 0.05) is 5.46 Å². The van der Waals surface area contributed by atoms with Crippen molar-refractivity contribution in [1.82, 2.24) is 0 Å². The third-order valence-electron chi connectivity index (χ3n) is 10.8. The first-order valence-electron chi connectivity index (χ1n) is 17.5.